The molecular formula is C19H16ClF2N3O3S. The minimum atomic E-state index is -1.06. The minimum Gasteiger partial charge on any atom is -0.383 e. The quantitative estimate of drug-likeness (QED) is 0.449. The van der Waals surface area contributed by atoms with Crippen molar-refractivity contribution in [2.45, 2.75) is 11.7 Å². The van der Waals surface area contributed by atoms with Gasteiger partial charge in [-0.3, -0.25) is 14.2 Å². The van der Waals surface area contributed by atoms with Gasteiger partial charge >= 0.3 is 0 Å². The van der Waals surface area contributed by atoms with Crippen LogP contribution in [-0.2, 0) is 16.1 Å². The maximum Gasteiger partial charge on any atom is 0.262 e. The van der Waals surface area contributed by atoms with Gasteiger partial charge in [-0.15, -0.1) is 0 Å². The number of hydrogen-bond donors (Lipinski definition) is 1. The molecule has 10 heteroatoms. The Morgan fingerprint density at radius 1 is 1.24 bits per heavy atom. The van der Waals surface area contributed by atoms with Gasteiger partial charge in [-0.1, -0.05) is 23.4 Å². The third-order valence-electron chi connectivity index (χ3n) is 3.94. The van der Waals surface area contributed by atoms with E-state index in [0.717, 1.165) is 23.9 Å². The molecule has 0 aliphatic heterocycles. The number of carbonyl (C=O) groups is 1. The fourth-order valence-electron chi connectivity index (χ4n) is 2.56. The Morgan fingerprint density at radius 2 is 2.03 bits per heavy atom. The number of aromatic nitrogens is 2. The summed E-state index contributed by atoms with van der Waals surface area (Å²) in [7, 11) is 1.52. The van der Waals surface area contributed by atoms with E-state index in [2.05, 4.69) is 10.3 Å². The van der Waals surface area contributed by atoms with Crippen molar-refractivity contribution < 1.29 is 18.3 Å². The Labute approximate surface area is 173 Å². The standard InChI is InChI=1S/C19H16ClF2N3O3S/c1-28-7-6-25-18(27)13-4-2-11(20)8-16(13)24-19(25)29-10-17(26)23-12-3-5-14(21)15(22)9-12/h2-5,8-9H,6-7,10H2,1H3,(H,23,26). The van der Waals surface area contributed by atoms with E-state index >= 15 is 0 Å². The normalized spacial score (nSPS) is 11.0. The average molecular weight is 440 g/mol. The number of benzene rings is 2. The Kier molecular flexibility index (Phi) is 6.83. The Morgan fingerprint density at radius 3 is 2.76 bits per heavy atom. The van der Waals surface area contributed by atoms with Crippen LogP contribution >= 0.6 is 23.4 Å². The molecule has 1 heterocycles. The highest BCUT2D eigenvalue weighted by atomic mass is 35.5. The van der Waals surface area contributed by atoms with Crippen LogP contribution < -0.4 is 10.9 Å². The molecule has 0 aliphatic rings. The molecule has 0 bridgehead atoms. The van der Waals surface area contributed by atoms with Gasteiger partial charge in [0, 0.05) is 23.9 Å². The van der Waals surface area contributed by atoms with E-state index in [1.165, 1.54) is 17.7 Å². The van der Waals surface area contributed by atoms with Gasteiger partial charge in [-0.2, -0.15) is 0 Å². The van der Waals surface area contributed by atoms with Crippen LogP contribution in [0.3, 0.4) is 0 Å². The van der Waals surface area contributed by atoms with Crippen LogP contribution in [0.5, 0.6) is 0 Å². The molecule has 152 valence electrons. The molecular weight excluding hydrogens is 424 g/mol. The summed E-state index contributed by atoms with van der Waals surface area (Å²) in [6.07, 6.45) is 0. The van der Waals surface area contributed by atoms with E-state index in [9.17, 15) is 18.4 Å². The summed E-state index contributed by atoms with van der Waals surface area (Å²) in [5.41, 5.74) is 0.274. The molecule has 3 aromatic rings. The predicted molar refractivity (Wildman–Crippen MR) is 109 cm³/mol. The molecule has 1 N–H and O–H groups in total. The molecule has 3 rings (SSSR count). The van der Waals surface area contributed by atoms with Gasteiger partial charge in [-0.25, -0.2) is 13.8 Å². The maximum absolute atomic E-state index is 13.3. The van der Waals surface area contributed by atoms with Crippen LogP contribution in [-0.4, -0.2) is 34.9 Å². The third-order valence-corrected chi connectivity index (χ3v) is 5.15. The van der Waals surface area contributed by atoms with E-state index < -0.39 is 17.5 Å². The smallest absolute Gasteiger partial charge is 0.262 e. The number of hydrogen-bond acceptors (Lipinski definition) is 5. The molecule has 1 aromatic heterocycles. The van der Waals surface area contributed by atoms with Gasteiger partial charge in [0.15, 0.2) is 16.8 Å². The number of thioether (sulfide) groups is 1. The zero-order valence-corrected chi connectivity index (χ0v) is 16.8. The molecule has 0 aliphatic carbocycles. The zero-order valence-electron chi connectivity index (χ0n) is 15.2. The van der Waals surface area contributed by atoms with Crippen LogP contribution in [0.1, 0.15) is 0 Å². The molecule has 1 amide bonds. The zero-order chi connectivity index (χ0) is 21.0. The second-order valence-corrected chi connectivity index (χ2v) is 7.35. The number of amides is 1. The number of nitrogens with one attached hydrogen (secondary N) is 1. The van der Waals surface area contributed by atoms with E-state index in [0.29, 0.717) is 21.1 Å². The van der Waals surface area contributed by atoms with Crippen molar-refractivity contribution in [1.82, 2.24) is 9.55 Å². The van der Waals surface area contributed by atoms with E-state index in [4.69, 9.17) is 16.3 Å². The maximum atomic E-state index is 13.3. The summed E-state index contributed by atoms with van der Waals surface area (Å²) in [5.74, 6) is -2.61. The minimum absolute atomic E-state index is 0.0928. The highest BCUT2D eigenvalue weighted by molar-refractivity contribution is 7.99. The van der Waals surface area contributed by atoms with Gasteiger partial charge < -0.3 is 10.1 Å². The fourth-order valence-corrected chi connectivity index (χ4v) is 3.56. The molecule has 2 aromatic carbocycles. The summed E-state index contributed by atoms with van der Waals surface area (Å²) in [5, 5.41) is 3.64. The molecule has 0 radical (unpaired) electrons. The first-order valence-electron chi connectivity index (χ1n) is 8.46. The topological polar surface area (TPSA) is 73.2 Å². The molecule has 29 heavy (non-hydrogen) atoms. The highest BCUT2D eigenvalue weighted by Gasteiger charge is 2.14. The SMILES string of the molecule is COCCn1c(SCC(=O)Nc2ccc(F)c(F)c2)nc2cc(Cl)ccc2c1=O. The van der Waals surface area contributed by atoms with Crippen molar-refractivity contribution in [3.8, 4) is 0 Å². The number of fused-ring (bicyclic) bond motifs is 1. The van der Waals surface area contributed by atoms with E-state index in [-0.39, 0.29) is 30.2 Å². The van der Waals surface area contributed by atoms with Crippen LogP contribution in [0.25, 0.3) is 10.9 Å². The van der Waals surface area contributed by atoms with Crippen molar-refractivity contribution in [1.29, 1.82) is 0 Å². The third kappa shape index (κ3) is 5.11. The van der Waals surface area contributed by atoms with Gasteiger partial charge in [0.1, 0.15) is 0 Å². The lowest BCUT2D eigenvalue weighted by Gasteiger charge is -2.13. The number of ether oxygens (including phenoxy) is 1. The van der Waals surface area contributed by atoms with Gasteiger partial charge in [0.05, 0.1) is 29.8 Å². The van der Waals surface area contributed by atoms with Crippen LogP contribution in [0.2, 0.25) is 5.02 Å². The van der Waals surface area contributed by atoms with Crippen molar-refractivity contribution in [3.05, 3.63) is 63.4 Å². The summed E-state index contributed by atoms with van der Waals surface area (Å²) in [6, 6.07) is 7.85. The monoisotopic (exact) mass is 439 g/mol. The largest absolute Gasteiger partial charge is 0.383 e. The lowest BCUT2D eigenvalue weighted by molar-refractivity contribution is -0.113. The lowest BCUT2D eigenvalue weighted by atomic mass is 10.2. The molecule has 0 saturated carbocycles. The first-order chi connectivity index (χ1) is 13.9. The average Bonchev–Trinajstić information content (AvgIpc) is 2.68. The van der Waals surface area contributed by atoms with Gasteiger partial charge in [0.2, 0.25) is 5.91 Å². The Hall–Kier alpha value is -2.49. The summed E-state index contributed by atoms with van der Waals surface area (Å²) in [4.78, 5) is 29.5. The van der Waals surface area contributed by atoms with Crippen LogP contribution in [0.4, 0.5) is 14.5 Å². The second-order valence-electron chi connectivity index (χ2n) is 5.97. The van der Waals surface area contributed by atoms with Crippen molar-refractivity contribution in [2.24, 2.45) is 0 Å². The Bertz CT molecular complexity index is 1120. The second kappa shape index (κ2) is 9.34. The number of nitrogens with zero attached hydrogens (tertiary/aromatic N) is 2. The van der Waals surface area contributed by atoms with E-state index in [1.807, 2.05) is 0 Å². The molecule has 0 unspecified atom stereocenters. The van der Waals surface area contributed by atoms with E-state index in [1.54, 1.807) is 18.2 Å². The Balaban J connectivity index is 1.82. The number of carbonyl (C=O) groups excluding carboxylic acids is 1. The molecule has 0 fully saturated rings. The summed E-state index contributed by atoms with van der Waals surface area (Å²) >= 11 is 7.03. The molecule has 0 atom stereocenters. The number of halogens is 3. The number of methoxy groups -OCH3 is 1. The number of rotatable bonds is 7. The molecule has 0 spiro atoms. The molecule has 0 saturated heterocycles. The summed E-state index contributed by atoms with van der Waals surface area (Å²) in [6.45, 7) is 0.545. The summed E-state index contributed by atoms with van der Waals surface area (Å²) < 4.78 is 32.7. The van der Waals surface area contributed by atoms with Crippen molar-refractivity contribution in [2.75, 3.05) is 24.8 Å². The lowest BCUT2D eigenvalue weighted by Crippen LogP contribution is -2.26. The van der Waals surface area contributed by atoms with Gasteiger partial charge in [-0.05, 0) is 30.3 Å². The predicted octanol–water partition coefficient (Wildman–Crippen LogP) is 3.71. The van der Waals surface area contributed by atoms with Crippen molar-refractivity contribution in [3.63, 3.8) is 0 Å². The van der Waals surface area contributed by atoms with Crippen LogP contribution in [0.15, 0.2) is 46.3 Å². The van der Waals surface area contributed by atoms with Gasteiger partial charge in [0.25, 0.3) is 5.56 Å². The first-order valence-corrected chi connectivity index (χ1v) is 9.82. The highest BCUT2D eigenvalue weighted by Crippen LogP contribution is 2.21. The van der Waals surface area contributed by atoms with Crippen LogP contribution in [0, 0.1) is 11.6 Å². The molecule has 6 nitrogen and oxygen atoms in total. The first kappa shape index (κ1) is 21.2. The number of anilines is 1. The fraction of sp³-hybridized carbons (Fsp3) is 0.211. The van der Waals surface area contributed by atoms with Crippen molar-refractivity contribution >= 4 is 45.9 Å².